The first-order valence-corrected chi connectivity index (χ1v) is 9.10. The highest BCUT2D eigenvalue weighted by Crippen LogP contribution is 2.29. The van der Waals surface area contributed by atoms with Gasteiger partial charge < -0.3 is 5.32 Å². The van der Waals surface area contributed by atoms with E-state index in [-0.39, 0.29) is 17.0 Å². The number of sulfonamides is 1. The van der Waals surface area contributed by atoms with Crippen molar-refractivity contribution in [2.45, 2.75) is 17.5 Å². The van der Waals surface area contributed by atoms with Crippen LogP contribution in [0, 0.1) is 0 Å². The van der Waals surface area contributed by atoms with Gasteiger partial charge in [0.05, 0.1) is 10.5 Å². The lowest BCUT2D eigenvalue weighted by molar-refractivity contribution is -0.137. The molecule has 0 saturated carbocycles. The number of carbonyl (C=O) groups excluding carboxylic acids is 1. The van der Waals surface area contributed by atoms with Crippen LogP contribution < -0.4 is 10.0 Å². The normalized spacial score (nSPS) is 12.0. The third kappa shape index (κ3) is 5.06. The fourth-order valence-electron chi connectivity index (χ4n) is 2.21. The van der Waals surface area contributed by atoms with Gasteiger partial charge in [0, 0.05) is 12.1 Å². The molecule has 9 heteroatoms. The number of carbonyl (C=O) groups is 1. The van der Waals surface area contributed by atoms with E-state index >= 15 is 0 Å². The van der Waals surface area contributed by atoms with E-state index in [0.717, 1.165) is 12.1 Å². The lowest BCUT2D eigenvalue weighted by atomic mass is 10.1. The molecule has 140 valence electrons. The second kappa shape index (κ2) is 7.88. The summed E-state index contributed by atoms with van der Waals surface area (Å²) in [6.07, 6.45) is -4.04. The molecule has 1 amide bonds. The molecule has 0 aromatic heterocycles. The SMILES string of the molecule is CNS(=O)(=O)c1cccc(C(=O)NCCc2ccc(C(F)(F)F)cc2)c1. The lowest BCUT2D eigenvalue weighted by Gasteiger charge is -2.09. The van der Waals surface area contributed by atoms with Crippen molar-refractivity contribution >= 4 is 15.9 Å². The topological polar surface area (TPSA) is 75.3 Å². The van der Waals surface area contributed by atoms with E-state index in [0.29, 0.717) is 12.0 Å². The van der Waals surface area contributed by atoms with Gasteiger partial charge >= 0.3 is 6.18 Å². The van der Waals surface area contributed by atoms with Gasteiger partial charge in [0.15, 0.2) is 0 Å². The number of alkyl halides is 3. The maximum absolute atomic E-state index is 12.5. The molecule has 2 aromatic rings. The Bertz CT molecular complexity index is 879. The average Bonchev–Trinajstić information content (AvgIpc) is 2.61. The van der Waals surface area contributed by atoms with Crippen molar-refractivity contribution in [2.75, 3.05) is 13.6 Å². The molecular weight excluding hydrogens is 369 g/mol. The summed E-state index contributed by atoms with van der Waals surface area (Å²) in [7, 11) is -2.39. The van der Waals surface area contributed by atoms with E-state index in [4.69, 9.17) is 0 Å². The maximum Gasteiger partial charge on any atom is 0.416 e. The third-order valence-electron chi connectivity index (χ3n) is 3.66. The Hall–Kier alpha value is -2.39. The molecule has 0 atom stereocenters. The van der Waals surface area contributed by atoms with E-state index < -0.39 is 27.7 Å². The van der Waals surface area contributed by atoms with Gasteiger partial charge in [-0.1, -0.05) is 18.2 Å². The van der Waals surface area contributed by atoms with Crippen LogP contribution in [0.3, 0.4) is 0 Å². The highest BCUT2D eigenvalue weighted by Gasteiger charge is 2.29. The van der Waals surface area contributed by atoms with Crippen LogP contribution in [0.5, 0.6) is 0 Å². The molecule has 0 radical (unpaired) electrons. The summed E-state index contributed by atoms with van der Waals surface area (Å²) in [5, 5.41) is 2.61. The second-order valence-electron chi connectivity index (χ2n) is 5.44. The van der Waals surface area contributed by atoms with E-state index in [1.54, 1.807) is 0 Å². The van der Waals surface area contributed by atoms with Crippen LogP contribution in [0.15, 0.2) is 53.4 Å². The van der Waals surface area contributed by atoms with Crippen molar-refractivity contribution in [3.05, 3.63) is 65.2 Å². The molecule has 2 N–H and O–H groups in total. The molecule has 0 aliphatic rings. The van der Waals surface area contributed by atoms with E-state index in [1.807, 2.05) is 0 Å². The van der Waals surface area contributed by atoms with Gasteiger partial charge in [-0.05, 0) is 49.4 Å². The molecule has 0 unspecified atom stereocenters. The largest absolute Gasteiger partial charge is 0.416 e. The van der Waals surface area contributed by atoms with Gasteiger partial charge in [0.2, 0.25) is 10.0 Å². The number of nitrogens with one attached hydrogen (secondary N) is 2. The standard InChI is InChI=1S/C17H17F3N2O3S/c1-21-26(24,25)15-4-2-3-13(11-15)16(23)22-10-9-12-5-7-14(8-6-12)17(18,19)20/h2-8,11,21H,9-10H2,1H3,(H,22,23). The van der Waals surface area contributed by atoms with E-state index in [9.17, 15) is 26.4 Å². The van der Waals surface area contributed by atoms with Gasteiger partial charge in [-0.3, -0.25) is 4.79 Å². The van der Waals surface area contributed by atoms with Crippen molar-refractivity contribution in [1.82, 2.24) is 10.0 Å². The first-order chi connectivity index (χ1) is 12.1. The smallest absolute Gasteiger partial charge is 0.352 e. The first kappa shape index (κ1) is 19.9. The predicted molar refractivity (Wildman–Crippen MR) is 90.2 cm³/mol. The molecule has 2 aromatic carbocycles. The Morgan fingerprint density at radius 2 is 1.73 bits per heavy atom. The van der Waals surface area contributed by atoms with Crippen molar-refractivity contribution in [3.63, 3.8) is 0 Å². The van der Waals surface area contributed by atoms with Gasteiger partial charge in [0.25, 0.3) is 5.91 Å². The summed E-state index contributed by atoms with van der Waals surface area (Å²) in [5.74, 6) is -0.468. The molecule has 0 bridgehead atoms. The van der Waals surface area contributed by atoms with Crippen LogP contribution in [-0.2, 0) is 22.6 Å². The van der Waals surface area contributed by atoms with Crippen molar-refractivity contribution in [3.8, 4) is 0 Å². The molecule has 0 heterocycles. The number of halogens is 3. The van der Waals surface area contributed by atoms with E-state index in [1.165, 1.54) is 43.4 Å². The van der Waals surface area contributed by atoms with Crippen LogP contribution in [0.2, 0.25) is 0 Å². The molecular formula is C17H17F3N2O3S. The van der Waals surface area contributed by atoms with Crippen molar-refractivity contribution in [1.29, 1.82) is 0 Å². The monoisotopic (exact) mass is 386 g/mol. The Balaban J connectivity index is 1.96. The lowest BCUT2D eigenvalue weighted by Crippen LogP contribution is -2.26. The highest BCUT2D eigenvalue weighted by molar-refractivity contribution is 7.89. The Kier molecular flexibility index (Phi) is 6.04. The van der Waals surface area contributed by atoms with Gasteiger partial charge in [-0.25, -0.2) is 13.1 Å². The van der Waals surface area contributed by atoms with Crippen LogP contribution in [0.25, 0.3) is 0 Å². The minimum Gasteiger partial charge on any atom is -0.352 e. The molecule has 0 saturated heterocycles. The number of hydrogen-bond acceptors (Lipinski definition) is 3. The van der Waals surface area contributed by atoms with Crippen molar-refractivity contribution < 1.29 is 26.4 Å². The van der Waals surface area contributed by atoms with Gasteiger partial charge in [-0.15, -0.1) is 0 Å². The zero-order valence-corrected chi connectivity index (χ0v) is 14.6. The quantitative estimate of drug-likeness (QED) is 0.801. The molecule has 26 heavy (non-hydrogen) atoms. The van der Waals surface area contributed by atoms with E-state index in [2.05, 4.69) is 10.0 Å². The molecule has 0 aliphatic heterocycles. The van der Waals surface area contributed by atoms with Crippen molar-refractivity contribution in [2.24, 2.45) is 0 Å². The zero-order valence-electron chi connectivity index (χ0n) is 13.8. The maximum atomic E-state index is 12.5. The molecule has 5 nitrogen and oxygen atoms in total. The predicted octanol–water partition coefficient (Wildman–Crippen LogP) is 2.59. The number of amides is 1. The molecule has 0 spiro atoms. The van der Waals surface area contributed by atoms with Gasteiger partial charge in [0.1, 0.15) is 0 Å². The fourth-order valence-corrected chi connectivity index (χ4v) is 2.98. The Morgan fingerprint density at radius 3 is 2.31 bits per heavy atom. The summed E-state index contributed by atoms with van der Waals surface area (Å²) in [4.78, 5) is 12.1. The Labute approximate surface area is 149 Å². The number of rotatable bonds is 6. The van der Waals surface area contributed by atoms with Gasteiger partial charge in [-0.2, -0.15) is 13.2 Å². The molecule has 0 fully saturated rings. The molecule has 2 rings (SSSR count). The fraction of sp³-hybridized carbons (Fsp3) is 0.235. The van der Waals surface area contributed by atoms with Crippen LogP contribution in [0.1, 0.15) is 21.5 Å². The number of benzene rings is 2. The summed E-state index contributed by atoms with van der Waals surface area (Å²) >= 11 is 0. The van der Waals surface area contributed by atoms with Crippen LogP contribution >= 0.6 is 0 Å². The second-order valence-corrected chi connectivity index (χ2v) is 7.32. The highest BCUT2D eigenvalue weighted by atomic mass is 32.2. The van der Waals surface area contributed by atoms with Crippen LogP contribution in [-0.4, -0.2) is 27.9 Å². The third-order valence-corrected chi connectivity index (χ3v) is 5.07. The average molecular weight is 386 g/mol. The summed E-state index contributed by atoms with van der Waals surface area (Å²) in [5.41, 5.74) is 0.0893. The minimum atomic E-state index is -4.38. The summed E-state index contributed by atoms with van der Waals surface area (Å²) < 4.78 is 63.2. The summed E-state index contributed by atoms with van der Waals surface area (Å²) in [6.45, 7) is 0.202. The Morgan fingerprint density at radius 1 is 1.08 bits per heavy atom. The zero-order chi connectivity index (χ0) is 19.4. The number of hydrogen-bond donors (Lipinski definition) is 2. The minimum absolute atomic E-state index is 0.0320. The molecule has 0 aliphatic carbocycles. The van der Waals surface area contributed by atoms with Crippen LogP contribution in [0.4, 0.5) is 13.2 Å². The first-order valence-electron chi connectivity index (χ1n) is 7.61. The summed E-state index contributed by atoms with van der Waals surface area (Å²) in [6, 6.07) is 10.2.